The maximum absolute atomic E-state index is 15.0. The molecule has 168 valence electrons. The normalized spacial score (nSPS) is 26.7. The number of halogens is 1. The van der Waals surface area contributed by atoms with Gasteiger partial charge in [0.15, 0.2) is 6.29 Å². The maximum Gasteiger partial charge on any atom is 0.183 e. The first kappa shape index (κ1) is 22.5. The van der Waals surface area contributed by atoms with Crippen LogP contribution in [0.1, 0.15) is 88.5 Å². The Balaban J connectivity index is 1.39. The first-order valence-corrected chi connectivity index (χ1v) is 12.3. The van der Waals surface area contributed by atoms with Crippen molar-refractivity contribution in [2.75, 3.05) is 13.2 Å². The molecule has 2 fully saturated rings. The lowest BCUT2D eigenvalue weighted by Crippen LogP contribution is -2.26. The summed E-state index contributed by atoms with van der Waals surface area (Å²) < 4.78 is 26.8. The molecule has 3 heteroatoms. The third-order valence-corrected chi connectivity index (χ3v) is 7.17. The third kappa shape index (κ3) is 5.56. The molecule has 1 aliphatic heterocycles. The minimum Gasteiger partial charge on any atom is -0.348 e. The van der Waals surface area contributed by atoms with Crippen LogP contribution in [0.4, 0.5) is 4.39 Å². The first-order valence-electron chi connectivity index (χ1n) is 12.3. The molecule has 2 aromatic carbocycles. The van der Waals surface area contributed by atoms with Crippen LogP contribution in [-0.2, 0) is 9.47 Å². The van der Waals surface area contributed by atoms with E-state index in [4.69, 9.17) is 9.47 Å². The molecule has 0 spiro atoms. The second-order valence-electron chi connectivity index (χ2n) is 9.52. The molecule has 0 bridgehead atoms. The molecule has 0 N–H and O–H groups in total. The SMILES string of the molecule is CCCC1COC(c2ccc(-c3ccc([C@H]4CC[C@H](CCC)CC4)cc3F)cc2)OC1. The van der Waals surface area contributed by atoms with E-state index in [0.29, 0.717) is 17.4 Å². The lowest BCUT2D eigenvalue weighted by Gasteiger charge is -2.29. The van der Waals surface area contributed by atoms with E-state index in [1.54, 1.807) is 6.07 Å². The van der Waals surface area contributed by atoms with Crippen LogP contribution in [0.15, 0.2) is 42.5 Å². The van der Waals surface area contributed by atoms with Gasteiger partial charge in [0, 0.05) is 17.0 Å². The third-order valence-electron chi connectivity index (χ3n) is 7.17. The lowest BCUT2D eigenvalue weighted by atomic mass is 9.77. The minimum absolute atomic E-state index is 0.117. The first-order chi connectivity index (χ1) is 15.2. The van der Waals surface area contributed by atoms with Crippen LogP contribution in [0.2, 0.25) is 0 Å². The van der Waals surface area contributed by atoms with Crippen LogP contribution < -0.4 is 0 Å². The highest BCUT2D eigenvalue weighted by Crippen LogP contribution is 2.39. The highest BCUT2D eigenvalue weighted by molar-refractivity contribution is 5.65. The van der Waals surface area contributed by atoms with E-state index in [-0.39, 0.29) is 12.1 Å². The summed E-state index contributed by atoms with van der Waals surface area (Å²) in [6, 6.07) is 13.8. The van der Waals surface area contributed by atoms with Crippen molar-refractivity contribution in [1.82, 2.24) is 0 Å². The van der Waals surface area contributed by atoms with Crippen LogP contribution in [0, 0.1) is 17.7 Å². The van der Waals surface area contributed by atoms with Gasteiger partial charge in [-0.05, 0) is 61.1 Å². The summed E-state index contributed by atoms with van der Waals surface area (Å²) in [5.41, 5.74) is 3.74. The molecule has 0 radical (unpaired) electrons. The topological polar surface area (TPSA) is 18.5 Å². The van der Waals surface area contributed by atoms with E-state index >= 15 is 4.39 Å². The van der Waals surface area contributed by atoms with Crippen LogP contribution in [-0.4, -0.2) is 13.2 Å². The Labute approximate surface area is 187 Å². The van der Waals surface area contributed by atoms with Gasteiger partial charge in [-0.1, -0.05) is 69.5 Å². The summed E-state index contributed by atoms with van der Waals surface area (Å²) >= 11 is 0. The van der Waals surface area contributed by atoms with Gasteiger partial charge >= 0.3 is 0 Å². The monoisotopic (exact) mass is 424 g/mol. The Morgan fingerprint density at radius 1 is 0.774 bits per heavy atom. The van der Waals surface area contributed by atoms with Gasteiger partial charge in [0.25, 0.3) is 0 Å². The fraction of sp³-hybridized carbons (Fsp3) is 0.571. The van der Waals surface area contributed by atoms with Crippen molar-refractivity contribution in [3.8, 4) is 11.1 Å². The maximum atomic E-state index is 15.0. The van der Waals surface area contributed by atoms with Crippen molar-refractivity contribution in [2.45, 2.75) is 77.4 Å². The van der Waals surface area contributed by atoms with E-state index in [1.807, 2.05) is 30.3 Å². The standard InChI is InChI=1S/C28H37FO2/c1-3-5-20-7-9-22(10-8-20)25-15-16-26(27(29)17-25)23-11-13-24(14-12-23)28-30-18-21(6-4-2)19-31-28/h11-17,20-22,28H,3-10,18-19H2,1-2H3/t20-,21?,22-,28?. The molecule has 0 unspecified atom stereocenters. The molecule has 0 atom stereocenters. The second-order valence-corrected chi connectivity index (χ2v) is 9.52. The molecule has 1 aliphatic carbocycles. The van der Waals surface area contributed by atoms with E-state index in [1.165, 1.54) is 44.1 Å². The van der Waals surface area contributed by atoms with Crippen molar-refractivity contribution >= 4 is 0 Å². The van der Waals surface area contributed by atoms with E-state index in [0.717, 1.165) is 43.1 Å². The molecular formula is C28H37FO2. The van der Waals surface area contributed by atoms with Gasteiger partial charge in [0.1, 0.15) is 5.82 Å². The molecule has 0 aromatic heterocycles. The molecule has 0 amide bonds. The summed E-state index contributed by atoms with van der Waals surface area (Å²) in [7, 11) is 0. The molecule has 2 aromatic rings. The Bertz CT molecular complexity index is 815. The quantitative estimate of drug-likeness (QED) is 0.448. The average Bonchev–Trinajstić information content (AvgIpc) is 2.81. The molecule has 2 nitrogen and oxygen atoms in total. The second kappa shape index (κ2) is 10.7. The zero-order chi connectivity index (χ0) is 21.6. The molecule has 1 saturated carbocycles. The predicted octanol–water partition coefficient (Wildman–Crippen LogP) is 8.03. The fourth-order valence-corrected chi connectivity index (χ4v) is 5.34. The lowest BCUT2D eigenvalue weighted by molar-refractivity contribution is -0.206. The number of hydrogen-bond acceptors (Lipinski definition) is 2. The molecule has 2 aliphatic rings. The summed E-state index contributed by atoms with van der Waals surface area (Å²) in [5, 5.41) is 0. The highest BCUT2D eigenvalue weighted by atomic mass is 19.1. The highest BCUT2D eigenvalue weighted by Gasteiger charge is 2.24. The summed E-state index contributed by atoms with van der Waals surface area (Å²) in [6.07, 6.45) is 9.56. The van der Waals surface area contributed by atoms with Crippen LogP contribution in [0.5, 0.6) is 0 Å². The van der Waals surface area contributed by atoms with Crippen LogP contribution in [0.3, 0.4) is 0 Å². The van der Waals surface area contributed by atoms with Gasteiger partial charge in [0.05, 0.1) is 13.2 Å². The van der Waals surface area contributed by atoms with Gasteiger partial charge in [-0.15, -0.1) is 0 Å². The van der Waals surface area contributed by atoms with E-state index in [9.17, 15) is 0 Å². The largest absolute Gasteiger partial charge is 0.348 e. The fourth-order valence-electron chi connectivity index (χ4n) is 5.34. The molecule has 31 heavy (non-hydrogen) atoms. The van der Waals surface area contributed by atoms with Crippen molar-refractivity contribution in [1.29, 1.82) is 0 Å². The van der Waals surface area contributed by atoms with E-state index < -0.39 is 0 Å². The Morgan fingerprint density at radius 3 is 2.00 bits per heavy atom. The Hall–Kier alpha value is -1.71. The molecule has 4 rings (SSSR count). The van der Waals surface area contributed by atoms with Gasteiger partial charge < -0.3 is 9.47 Å². The molecule has 1 heterocycles. The van der Waals surface area contributed by atoms with E-state index in [2.05, 4.69) is 19.9 Å². The zero-order valence-corrected chi connectivity index (χ0v) is 19.1. The van der Waals surface area contributed by atoms with Crippen LogP contribution >= 0.6 is 0 Å². The Kier molecular flexibility index (Phi) is 7.79. The number of ether oxygens (including phenoxy) is 2. The number of rotatable bonds is 7. The summed E-state index contributed by atoms with van der Waals surface area (Å²) in [5.74, 6) is 1.76. The smallest absolute Gasteiger partial charge is 0.183 e. The summed E-state index contributed by atoms with van der Waals surface area (Å²) in [6.45, 7) is 5.95. The van der Waals surface area contributed by atoms with Crippen molar-refractivity contribution in [3.05, 3.63) is 59.4 Å². The summed E-state index contributed by atoms with van der Waals surface area (Å²) in [4.78, 5) is 0. The predicted molar refractivity (Wildman–Crippen MR) is 124 cm³/mol. The Morgan fingerprint density at radius 2 is 1.39 bits per heavy atom. The van der Waals surface area contributed by atoms with Crippen molar-refractivity contribution in [3.63, 3.8) is 0 Å². The average molecular weight is 425 g/mol. The number of hydrogen-bond donors (Lipinski definition) is 0. The van der Waals surface area contributed by atoms with Gasteiger partial charge in [0.2, 0.25) is 0 Å². The number of benzene rings is 2. The van der Waals surface area contributed by atoms with Crippen molar-refractivity contribution in [2.24, 2.45) is 11.8 Å². The zero-order valence-electron chi connectivity index (χ0n) is 19.1. The van der Waals surface area contributed by atoms with Gasteiger partial charge in [-0.3, -0.25) is 0 Å². The minimum atomic E-state index is -0.308. The van der Waals surface area contributed by atoms with Gasteiger partial charge in [-0.2, -0.15) is 0 Å². The molecular weight excluding hydrogens is 387 g/mol. The van der Waals surface area contributed by atoms with Crippen LogP contribution in [0.25, 0.3) is 11.1 Å². The van der Waals surface area contributed by atoms with Gasteiger partial charge in [-0.25, -0.2) is 4.39 Å². The van der Waals surface area contributed by atoms with Crippen molar-refractivity contribution < 1.29 is 13.9 Å². The molecule has 1 saturated heterocycles.